The van der Waals surface area contributed by atoms with Gasteiger partial charge >= 0.3 is 0 Å². The average molecular weight is 296 g/mol. The van der Waals surface area contributed by atoms with Crippen LogP contribution in [0.5, 0.6) is 0 Å². The van der Waals surface area contributed by atoms with Crippen LogP contribution in [0, 0.1) is 0 Å². The number of thiophene rings is 1. The molecule has 0 radical (unpaired) electrons. The molecular weight excluding hydrogens is 278 g/mol. The normalized spacial score (nSPS) is 12.6. The summed E-state index contributed by atoms with van der Waals surface area (Å²) in [6.45, 7) is 0.759. The first-order chi connectivity index (χ1) is 9.24. The molecule has 0 spiro atoms. The lowest BCUT2D eigenvalue weighted by molar-refractivity contribution is 0.202. The minimum absolute atomic E-state index is 0.203. The van der Waals surface area contributed by atoms with E-state index in [1.165, 1.54) is 16.0 Å². The zero-order valence-electron chi connectivity index (χ0n) is 11.2. The zero-order chi connectivity index (χ0) is 13.7. The Morgan fingerprint density at radius 3 is 2.47 bits per heavy atom. The summed E-state index contributed by atoms with van der Waals surface area (Å²) in [5, 5.41) is 3.34. The molecule has 0 saturated heterocycles. The van der Waals surface area contributed by atoms with E-state index < -0.39 is 0 Å². The number of methoxy groups -OCH3 is 1. The number of ether oxygens (including phenoxy) is 1. The highest BCUT2D eigenvalue weighted by molar-refractivity contribution is 7.16. The Morgan fingerprint density at radius 1 is 1.21 bits per heavy atom. The predicted octanol–water partition coefficient (Wildman–Crippen LogP) is 3.90. The van der Waals surface area contributed by atoms with Crippen LogP contribution in [0.1, 0.15) is 22.0 Å². The third-order valence-electron chi connectivity index (χ3n) is 3.08. The van der Waals surface area contributed by atoms with Crippen LogP contribution in [0.25, 0.3) is 0 Å². The van der Waals surface area contributed by atoms with Gasteiger partial charge in [-0.1, -0.05) is 35.9 Å². The quantitative estimate of drug-likeness (QED) is 0.873. The van der Waals surface area contributed by atoms with Crippen molar-refractivity contribution in [3.05, 3.63) is 56.7 Å². The first kappa shape index (κ1) is 14.5. The zero-order valence-corrected chi connectivity index (χ0v) is 12.7. The fourth-order valence-electron chi connectivity index (χ4n) is 2.05. The largest absolute Gasteiger partial charge is 0.384 e. The second kappa shape index (κ2) is 7.06. The maximum Gasteiger partial charge on any atom is 0.0931 e. The van der Waals surface area contributed by atoms with Crippen molar-refractivity contribution in [3.63, 3.8) is 0 Å². The van der Waals surface area contributed by atoms with Crippen LogP contribution in [0.3, 0.4) is 0 Å². The summed E-state index contributed by atoms with van der Waals surface area (Å²) < 4.78 is 5.92. The van der Waals surface area contributed by atoms with Crippen molar-refractivity contribution in [2.45, 2.75) is 12.5 Å². The molecule has 1 N–H and O–H groups in total. The van der Waals surface area contributed by atoms with Crippen LogP contribution >= 0.6 is 22.9 Å². The van der Waals surface area contributed by atoms with Gasteiger partial charge in [-0.2, -0.15) is 0 Å². The van der Waals surface area contributed by atoms with Crippen LogP contribution in [0.2, 0.25) is 4.34 Å². The first-order valence-corrected chi connectivity index (χ1v) is 7.44. The van der Waals surface area contributed by atoms with Gasteiger partial charge in [0.15, 0.2) is 0 Å². The topological polar surface area (TPSA) is 21.3 Å². The van der Waals surface area contributed by atoms with Gasteiger partial charge in [-0.15, -0.1) is 11.3 Å². The van der Waals surface area contributed by atoms with Crippen molar-refractivity contribution < 1.29 is 4.74 Å². The highest BCUT2D eigenvalue weighted by atomic mass is 35.5. The highest BCUT2D eigenvalue weighted by Gasteiger charge is 2.13. The molecule has 1 unspecified atom stereocenters. The lowest BCUT2D eigenvalue weighted by Gasteiger charge is -2.15. The van der Waals surface area contributed by atoms with Crippen LogP contribution < -0.4 is 5.32 Å². The third-order valence-corrected chi connectivity index (χ3v) is 4.37. The lowest BCUT2D eigenvalue weighted by atomic mass is 10.0. The summed E-state index contributed by atoms with van der Waals surface area (Å²) in [4.78, 5) is 1.23. The molecule has 4 heteroatoms. The molecule has 1 aromatic heterocycles. The minimum atomic E-state index is 0.203. The molecule has 1 heterocycles. The number of hydrogen-bond acceptors (Lipinski definition) is 3. The molecule has 102 valence electrons. The van der Waals surface area contributed by atoms with E-state index in [0.29, 0.717) is 0 Å². The Labute approximate surface area is 123 Å². The van der Waals surface area contributed by atoms with Gasteiger partial charge in [-0.3, -0.25) is 0 Å². The Balaban J connectivity index is 2.15. The number of nitrogens with one attached hydrogen (secondary N) is 1. The Morgan fingerprint density at radius 2 is 1.95 bits per heavy atom. The lowest BCUT2D eigenvalue weighted by Crippen LogP contribution is -2.16. The molecule has 0 amide bonds. The summed E-state index contributed by atoms with van der Waals surface area (Å²) in [7, 11) is 3.70. The second-order valence-electron chi connectivity index (χ2n) is 4.35. The van der Waals surface area contributed by atoms with Crippen LogP contribution in [0.15, 0.2) is 36.4 Å². The number of benzene rings is 1. The van der Waals surface area contributed by atoms with Crippen LogP contribution in [-0.4, -0.2) is 20.8 Å². The van der Waals surface area contributed by atoms with Gasteiger partial charge < -0.3 is 10.1 Å². The molecule has 0 bridgehead atoms. The molecule has 2 nitrogen and oxygen atoms in total. The maximum absolute atomic E-state index is 6.01. The monoisotopic (exact) mass is 295 g/mol. The molecule has 2 rings (SSSR count). The third kappa shape index (κ3) is 3.80. The molecule has 1 atom stereocenters. The van der Waals surface area contributed by atoms with Gasteiger partial charge in [0.1, 0.15) is 0 Å². The van der Waals surface area contributed by atoms with E-state index in [4.69, 9.17) is 16.3 Å². The van der Waals surface area contributed by atoms with E-state index in [0.717, 1.165) is 17.4 Å². The SMILES string of the molecule is CNC(c1ccc(CCOC)cc1)c1ccc(Cl)s1. The molecule has 0 saturated carbocycles. The Kier molecular flexibility index (Phi) is 5.40. The van der Waals surface area contributed by atoms with E-state index >= 15 is 0 Å². The van der Waals surface area contributed by atoms with Crippen molar-refractivity contribution >= 4 is 22.9 Å². The summed E-state index contributed by atoms with van der Waals surface area (Å²) in [5.41, 5.74) is 2.55. The predicted molar refractivity (Wildman–Crippen MR) is 82.3 cm³/mol. The summed E-state index contributed by atoms with van der Waals surface area (Å²) in [6, 6.07) is 12.9. The smallest absolute Gasteiger partial charge is 0.0931 e. The minimum Gasteiger partial charge on any atom is -0.384 e. The molecule has 1 aromatic carbocycles. The Bertz CT molecular complexity index is 509. The van der Waals surface area contributed by atoms with Crippen molar-refractivity contribution in [2.75, 3.05) is 20.8 Å². The van der Waals surface area contributed by atoms with Gasteiger partial charge in [0.2, 0.25) is 0 Å². The van der Waals surface area contributed by atoms with E-state index in [1.54, 1.807) is 18.4 Å². The van der Waals surface area contributed by atoms with E-state index in [9.17, 15) is 0 Å². The molecule has 2 aromatic rings. The average Bonchev–Trinajstić information content (AvgIpc) is 2.85. The number of halogens is 1. The standard InChI is InChI=1S/C15H18ClNOS/c1-17-15(13-7-8-14(16)19-13)12-5-3-11(4-6-12)9-10-18-2/h3-8,15,17H,9-10H2,1-2H3. The van der Waals surface area contributed by atoms with E-state index in [2.05, 4.69) is 35.6 Å². The van der Waals surface area contributed by atoms with Crippen molar-refractivity contribution in [1.82, 2.24) is 5.32 Å². The molecule has 19 heavy (non-hydrogen) atoms. The van der Waals surface area contributed by atoms with Gasteiger partial charge in [-0.25, -0.2) is 0 Å². The summed E-state index contributed by atoms with van der Waals surface area (Å²) in [5.74, 6) is 0. The fourth-order valence-corrected chi connectivity index (χ4v) is 3.25. The van der Waals surface area contributed by atoms with Crippen LogP contribution in [0.4, 0.5) is 0 Å². The van der Waals surface area contributed by atoms with Crippen LogP contribution in [-0.2, 0) is 11.2 Å². The summed E-state index contributed by atoms with van der Waals surface area (Å²) >= 11 is 7.62. The number of rotatable bonds is 6. The second-order valence-corrected chi connectivity index (χ2v) is 6.09. The summed E-state index contributed by atoms with van der Waals surface area (Å²) in [6.07, 6.45) is 0.950. The maximum atomic E-state index is 6.01. The van der Waals surface area contributed by atoms with Gasteiger partial charge in [0, 0.05) is 12.0 Å². The first-order valence-electron chi connectivity index (χ1n) is 6.25. The molecular formula is C15H18ClNOS. The van der Waals surface area contributed by atoms with Crippen molar-refractivity contribution in [1.29, 1.82) is 0 Å². The van der Waals surface area contributed by atoms with Gasteiger partial charge in [0.25, 0.3) is 0 Å². The molecule has 0 aliphatic rings. The van der Waals surface area contributed by atoms with Gasteiger partial charge in [-0.05, 0) is 36.7 Å². The van der Waals surface area contributed by atoms with Gasteiger partial charge in [0.05, 0.1) is 17.0 Å². The van der Waals surface area contributed by atoms with Crippen molar-refractivity contribution in [2.24, 2.45) is 0 Å². The van der Waals surface area contributed by atoms with E-state index in [1.807, 2.05) is 13.1 Å². The number of hydrogen-bond donors (Lipinski definition) is 1. The fraction of sp³-hybridized carbons (Fsp3) is 0.333. The molecule has 0 fully saturated rings. The Hall–Kier alpha value is -0.870. The molecule has 0 aliphatic heterocycles. The van der Waals surface area contributed by atoms with E-state index in [-0.39, 0.29) is 6.04 Å². The highest BCUT2D eigenvalue weighted by Crippen LogP contribution is 2.30. The van der Waals surface area contributed by atoms with Crippen molar-refractivity contribution in [3.8, 4) is 0 Å². The molecule has 0 aliphatic carbocycles.